The SMILES string of the molecule is O=C1O[C@@H](CCN2CCN(c3ccc(O)cc3)CC2)CC12CCOCC2. The van der Waals surface area contributed by atoms with Gasteiger partial charge in [-0.1, -0.05) is 0 Å². The van der Waals surface area contributed by atoms with Crippen LogP contribution in [0.1, 0.15) is 25.7 Å². The van der Waals surface area contributed by atoms with Crippen molar-refractivity contribution in [3.8, 4) is 5.75 Å². The van der Waals surface area contributed by atoms with Gasteiger partial charge in [0.2, 0.25) is 0 Å². The molecule has 1 aromatic carbocycles. The Morgan fingerprint density at radius 3 is 2.46 bits per heavy atom. The minimum absolute atomic E-state index is 0.00273. The molecule has 6 heteroatoms. The molecule has 1 N–H and O–H groups in total. The maximum Gasteiger partial charge on any atom is 0.312 e. The molecule has 3 saturated heterocycles. The van der Waals surface area contributed by atoms with Gasteiger partial charge >= 0.3 is 5.97 Å². The number of piperazine rings is 1. The van der Waals surface area contributed by atoms with Crippen molar-refractivity contribution < 1.29 is 19.4 Å². The van der Waals surface area contributed by atoms with Gasteiger partial charge in [-0.05, 0) is 43.5 Å². The molecule has 0 amide bonds. The Bertz CT molecular complexity index is 619. The fourth-order valence-electron chi connectivity index (χ4n) is 4.39. The summed E-state index contributed by atoms with van der Waals surface area (Å²) in [6.45, 7) is 6.34. The molecular weight excluding hydrogens is 332 g/mol. The first-order chi connectivity index (χ1) is 12.6. The van der Waals surface area contributed by atoms with E-state index < -0.39 is 0 Å². The van der Waals surface area contributed by atoms with Gasteiger partial charge in [-0.15, -0.1) is 0 Å². The van der Waals surface area contributed by atoms with E-state index in [1.807, 2.05) is 12.1 Å². The van der Waals surface area contributed by atoms with Crippen molar-refractivity contribution in [1.82, 2.24) is 4.90 Å². The zero-order valence-corrected chi connectivity index (χ0v) is 15.2. The summed E-state index contributed by atoms with van der Waals surface area (Å²) < 4.78 is 11.1. The van der Waals surface area contributed by atoms with E-state index in [0.717, 1.165) is 64.1 Å². The van der Waals surface area contributed by atoms with Gasteiger partial charge in [0.15, 0.2) is 0 Å². The number of nitrogens with zero attached hydrogens (tertiary/aromatic N) is 2. The van der Waals surface area contributed by atoms with Crippen molar-refractivity contribution in [3.63, 3.8) is 0 Å². The number of benzene rings is 1. The standard InChI is InChI=1S/C20H28N2O4/c23-17-3-1-16(2-4-17)22-11-9-21(10-12-22)8-5-18-15-20(19(24)26-18)6-13-25-14-7-20/h1-4,18,23H,5-15H2/t18-/m0/s1. The van der Waals surface area contributed by atoms with Crippen LogP contribution in [0.3, 0.4) is 0 Å². The van der Waals surface area contributed by atoms with Crippen molar-refractivity contribution in [1.29, 1.82) is 0 Å². The lowest BCUT2D eigenvalue weighted by atomic mass is 9.77. The monoisotopic (exact) mass is 360 g/mol. The number of ether oxygens (including phenoxy) is 2. The molecule has 1 spiro atoms. The third-order valence-electron chi connectivity index (χ3n) is 6.13. The molecule has 0 saturated carbocycles. The van der Waals surface area contributed by atoms with E-state index in [4.69, 9.17) is 9.47 Å². The minimum Gasteiger partial charge on any atom is -0.508 e. The van der Waals surface area contributed by atoms with E-state index in [1.54, 1.807) is 12.1 Å². The second-order valence-corrected chi connectivity index (χ2v) is 7.76. The molecule has 4 rings (SSSR count). The molecule has 0 bridgehead atoms. The topological polar surface area (TPSA) is 62.2 Å². The summed E-state index contributed by atoms with van der Waals surface area (Å²) in [4.78, 5) is 17.1. The molecule has 3 heterocycles. The Morgan fingerprint density at radius 2 is 1.77 bits per heavy atom. The first-order valence-electron chi connectivity index (χ1n) is 9.70. The van der Waals surface area contributed by atoms with E-state index in [1.165, 1.54) is 0 Å². The molecule has 1 atom stereocenters. The number of carbonyl (C=O) groups excluding carboxylic acids is 1. The van der Waals surface area contributed by atoms with Crippen LogP contribution in [0.5, 0.6) is 5.75 Å². The molecular formula is C20H28N2O4. The van der Waals surface area contributed by atoms with Gasteiger partial charge in [-0.25, -0.2) is 0 Å². The highest BCUT2D eigenvalue weighted by molar-refractivity contribution is 5.79. The average molecular weight is 360 g/mol. The van der Waals surface area contributed by atoms with Gasteiger partial charge < -0.3 is 19.5 Å². The van der Waals surface area contributed by atoms with E-state index in [-0.39, 0.29) is 17.5 Å². The third kappa shape index (κ3) is 3.67. The Balaban J connectivity index is 1.23. The fourth-order valence-corrected chi connectivity index (χ4v) is 4.39. The number of anilines is 1. The summed E-state index contributed by atoms with van der Waals surface area (Å²) in [6, 6.07) is 7.41. The van der Waals surface area contributed by atoms with Crippen LogP contribution < -0.4 is 4.90 Å². The number of hydrogen-bond acceptors (Lipinski definition) is 6. The predicted molar refractivity (Wildman–Crippen MR) is 98.4 cm³/mol. The minimum atomic E-state index is -0.263. The molecule has 0 radical (unpaired) electrons. The zero-order chi connectivity index (χ0) is 18.0. The molecule has 0 aliphatic carbocycles. The normalized spacial score (nSPS) is 26.2. The van der Waals surface area contributed by atoms with Gasteiger partial charge in [0.05, 0.1) is 5.41 Å². The van der Waals surface area contributed by atoms with E-state index >= 15 is 0 Å². The Hall–Kier alpha value is -1.79. The molecule has 3 aliphatic rings. The lowest BCUT2D eigenvalue weighted by Gasteiger charge is -2.36. The summed E-state index contributed by atoms with van der Waals surface area (Å²) in [5, 5.41) is 9.41. The number of phenolic OH excluding ortho intramolecular Hbond substituents is 1. The second-order valence-electron chi connectivity index (χ2n) is 7.76. The number of aromatic hydroxyl groups is 1. The maximum absolute atomic E-state index is 12.3. The van der Waals surface area contributed by atoms with Gasteiger partial charge in [-0.2, -0.15) is 0 Å². The highest BCUT2D eigenvalue weighted by atomic mass is 16.6. The van der Waals surface area contributed by atoms with Crippen LogP contribution in [0.4, 0.5) is 5.69 Å². The lowest BCUT2D eigenvalue weighted by molar-refractivity contribution is -0.152. The van der Waals surface area contributed by atoms with Crippen LogP contribution >= 0.6 is 0 Å². The molecule has 3 aliphatic heterocycles. The highest BCUT2D eigenvalue weighted by Gasteiger charge is 2.49. The number of cyclic esters (lactones) is 1. The molecule has 1 aromatic rings. The van der Waals surface area contributed by atoms with Gasteiger partial charge in [0, 0.05) is 58.0 Å². The van der Waals surface area contributed by atoms with Crippen LogP contribution in [0, 0.1) is 5.41 Å². The molecule has 3 fully saturated rings. The summed E-state index contributed by atoms with van der Waals surface area (Å²) >= 11 is 0. The van der Waals surface area contributed by atoms with E-state index in [9.17, 15) is 9.90 Å². The number of rotatable bonds is 4. The smallest absolute Gasteiger partial charge is 0.312 e. The van der Waals surface area contributed by atoms with Crippen molar-refractivity contribution in [2.75, 3.05) is 50.8 Å². The fraction of sp³-hybridized carbons (Fsp3) is 0.650. The lowest BCUT2D eigenvalue weighted by Crippen LogP contribution is -2.47. The van der Waals surface area contributed by atoms with Crippen LogP contribution in [0.15, 0.2) is 24.3 Å². The van der Waals surface area contributed by atoms with Crippen LogP contribution in [0.2, 0.25) is 0 Å². The summed E-state index contributed by atoms with van der Waals surface area (Å²) in [5.41, 5.74) is 0.897. The summed E-state index contributed by atoms with van der Waals surface area (Å²) in [5.74, 6) is 0.309. The van der Waals surface area contributed by atoms with Crippen LogP contribution in [0.25, 0.3) is 0 Å². The molecule has 0 unspecified atom stereocenters. The highest BCUT2D eigenvalue weighted by Crippen LogP contribution is 2.43. The van der Waals surface area contributed by atoms with Crippen LogP contribution in [-0.2, 0) is 14.3 Å². The van der Waals surface area contributed by atoms with Crippen LogP contribution in [-0.4, -0.2) is 68.0 Å². The van der Waals surface area contributed by atoms with Gasteiger partial charge in [-0.3, -0.25) is 9.69 Å². The number of hydrogen-bond donors (Lipinski definition) is 1. The first-order valence-corrected chi connectivity index (χ1v) is 9.70. The number of phenols is 1. The summed E-state index contributed by atoms with van der Waals surface area (Å²) in [7, 11) is 0. The Morgan fingerprint density at radius 1 is 1.08 bits per heavy atom. The van der Waals surface area contributed by atoms with Gasteiger partial charge in [0.1, 0.15) is 11.9 Å². The summed E-state index contributed by atoms with van der Waals surface area (Å²) in [6.07, 6.45) is 3.48. The molecule has 0 aromatic heterocycles. The van der Waals surface area contributed by atoms with Crippen molar-refractivity contribution in [3.05, 3.63) is 24.3 Å². The predicted octanol–water partition coefficient (Wildman–Crippen LogP) is 2.02. The average Bonchev–Trinajstić information content (AvgIpc) is 2.97. The first kappa shape index (κ1) is 17.6. The molecule has 142 valence electrons. The number of esters is 1. The molecule has 6 nitrogen and oxygen atoms in total. The third-order valence-corrected chi connectivity index (χ3v) is 6.13. The zero-order valence-electron chi connectivity index (χ0n) is 15.2. The van der Waals surface area contributed by atoms with Crippen molar-refractivity contribution >= 4 is 11.7 Å². The number of carbonyl (C=O) groups is 1. The Kier molecular flexibility index (Phi) is 5.05. The van der Waals surface area contributed by atoms with Crippen molar-refractivity contribution in [2.24, 2.45) is 5.41 Å². The largest absolute Gasteiger partial charge is 0.508 e. The van der Waals surface area contributed by atoms with Gasteiger partial charge in [0.25, 0.3) is 0 Å². The molecule has 26 heavy (non-hydrogen) atoms. The van der Waals surface area contributed by atoms with Crippen molar-refractivity contribution in [2.45, 2.75) is 31.8 Å². The van der Waals surface area contributed by atoms with E-state index in [2.05, 4.69) is 9.80 Å². The maximum atomic E-state index is 12.3. The van der Waals surface area contributed by atoms with E-state index in [0.29, 0.717) is 19.0 Å². The second kappa shape index (κ2) is 7.45. The Labute approximate surface area is 154 Å². The quantitative estimate of drug-likeness (QED) is 0.829.